The van der Waals surface area contributed by atoms with Crippen LogP contribution in [0, 0.1) is 0 Å². The van der Waals surface area contributed by atoms with E-state index in [1.165, 1.54) is 6.08 Å². The van der Waals surface area contributed by atoms with Crippen molar-refractivity contribution < 1.29 is 14.3 Å². The van der Waals surface area contributed by atoms with Crippen molar-refractivity contribution in [2.24, 2.45) is 0 Å². The molecule has 0 saturated carbocycles. The number of carbonyl (C=O) groups excluding carboxylic acids is 2. The van der Waals surface area contributed by atoms with Gasteiger partial charge in [-0.2, -0.15) is 0 Å². The number of ether oxygens (including phenoxy) is 1. The molecule has 0 aromatic rings. The van der Waals surface area contributed by atoms with Crippen LogP contribution in [-0.2, 0) is 14.3 Å². The van der Waals surface area contributed by atoms with Crippen molar-refractivity contribution >= 4 is 11.8 Å². The van der Waals surface area contributed by atoms with Gasteiger partial charge in [0, 0.05) is 6.42 Å². The average Bonchev–Trinajstić information content (AvgIpc) is 2.11. The van der Waals surface area contributed by atoms with Crippen LogP contribution in [0.3, 0.4) is 0 Å². The largest absolute Gasteiger partial charge is 0.461 e. The van der Waals surface area contributed by atoms with Gasteiger partial charge in [0.15, 0.2) is 0 Å². The number of carbonyl (C=O) groups is 2. The zero-order valence-corrected chi connectivity index (χ0v) is 7.62. The van der Waals surface area contributed by atoms with Crippen molar-refractivity contribution in [3.8, 4) is 0 Å². The Balaban J connectivity index is 3.58. The van der Waals surface area contributed by atoms with Gasteiger partial charge in [-0.05, 0) is 6.42 Å². The first kappa shape index (κ1) is 11.6. The second kappa shape index (κ2) is 7.28. The topological polar surface area (TPSA) is 43.4 Å². The van der Waals surface area contributed by atoms with Crippen molar-refractivity contribution in [1.82, 2.24) is 0 Å². The van der Waals surface area contributed by atoms with Crippen molar-refractivity contribution in [2.75, 3.05) is 6.61 Å². The first-order valence-electron chi connectivity index (χ1n) is 4.09. The minimum atomic E-state index is -0.492. The maximum absolute atomic E-state index is 11.0. The fourth-order valence-corrected chi connectivity index (χ4v) is 0.715. The SMILES string of the molecule is C=CCCC(=O)CC(=O)OCC=C. The Labute approximate surface area is 78.1 Å². The molecule has 0 aliphatic rings. The predicted molar refractivity (Wildman–Crippen MR) is 50.2 cm³/mol. The monoisotopic (exact) mass is 182 g/mol. The normalized spacial score (nSPS) is 8.92. The zero-order chi connectivity index (χ0) is 10.1. The van der Waals surface area contributed by atoms with E-state index in [9.17, 15) is 9.59 Å². The van der Waals surface area contributed by atoms with Crippen LogP contribution in [0.15, 0.2) is 25.3 Å². The molecule has 0 rings (SSSR count). The Hall–Kier alpha value is -1.38. The van der Waals surface area contributed by atoms with E-state index in [1.54, 1.807) is 6.08 Å². The molecule has 3 nitrogen and oxygen atoms in total. The van der Waals surface area contributed by atoms with Crippen molar-refractivity contribution in [2.45, 2.75) is 19.3 Å². The molecule has 0 heterocycles. The van der Waals surface area contributed by atoms with Gasteiger partial charge in [-0.15, -0.1) is 6.58 Å². The second-order valence-corrected chi connectivity index (χ2v) is 2.51. The maximum Gasteiger partial charge on any atom is 0.313 e. The Morgan fingerprint density at radius 3 is 2.46 bits per heavy atom. The molecule has 0 spiro atoms. The van der Waals surface area contributed by atoms with Gasteiger partial charge < -0.3 is 4.74 Å². The summed E-state index contributed by atoms with van der Waals surface area (Å²) in [5, 5.41) is 0. The molecule has 0 amide bonds. The molecule has 0 radical (unpaired) electrons. The number of allylic oxidation sites excluding steroid dienone is 1. The Morgan fingerprint density at radius 1 is 1.23 bits per heavy atom. The Bertz CT molecular complexity index is 184. The molecule has 0 aliphatic carbocycles. The third-order valence-electron chi connectivity index (χ3n) is 1.33. The first-order valence-corrected chi connectivity index (χ1v) is 4.09. The van der Waals surface area contributed by atoms with Gasteiger partial charge in [0.25, 0.3) is 0 Å². The fraction of sp³-hybridized carbons (Fsp3) is 0.400. The van der Waals surface area contributed by atoms with Gasteiger partial charge in [-0.25, -0.2) is 0 Å². The minimum absolute atomic E-state index is 0.117. The van der Waals surface area contributed by atoms with Crippen molar-refractivity contribution in [3.05, 3.63) is 25.3 Å². The summed E-state index contributed by atoms with van der Waals surface area (Å²) in [5.41, 5.74) is 0. The highest BCUT2D eigenvalue weighted by Crippen LogP contribution is 1.97. The van der Waals surface area contributed by atoms with E-state index < -0.39 is 5.97 Å². The molecule has 0 N–H and O–H groups in total. The number of esters is 1. The van der Waals surface area contributed by atoms with Crippen LogP contribution in [0.1, 0.15) is 19.3 Å². The molecule has 13 heavy (non-hydrogen) atoms. The highest BCUT2D eigenvalue weighted by Gasteiger charge is 2.08. The van der Waals surface area contributed by atoms with Gasteiger partial charge in [-0.1, -0.05) is 18.7 Å². The molecule has 0 aromatic heterocycles. The van der Waals surface area contributed by atoms with E-state index in [0.717, 1.165) is 0 Å². The van der Waals surface area contributed by atoms with Crippen molar-refractivity contribution in [3.63, 3.8) is 0 Å². The van der Waals surface area contributed by atoms with Crippen LogP contribution in [0.25, 0.3) is 0 Å². The summed E-state index contributed by atoms with van der Waals surface area (Å²) < 4.78 is 4.64. The molecule has 0 aromatic carbocycles. The lowest BCUT2D eigenvalue weighted by molar-refractivity contribution is -0.144. The molecular weight excluding hydrogens is 168 g/mol. The summed E-state index contributed by atoms with van der Waals surface area (Å²) in [6.07, 6.45) is 3.92. The van der Waals surface area contributed by atoms with Crippen LogP contribution in [-0.4, -0.2) is 18.4 Å². The molecule has 72 valence electrons. The third-order valence-corrected chi connectivity index (χ3v) is 1.33. The maximum atomic E-state index is 11.0. The second-order valence-electron chi connectivity index (χ2n) is 2.51. The first-order chi connectivity index (χ1) is 6.20. The van der Waals surface area contributed by atoms with E-state index in [4.69, 9.17) is 0 Å². The standard InChI is InChI=1S/C10H14O3/c1-3-5-6-9(11)8-10(12)13-7-4-2/h3-4H,1-2,5-8H2. The highest BCUT2D eigenvalue weighted by atomic mass is 16.5. The zero-order valence-electron chi connectivity index (χ0n) is 7.62. The van der Waals surface area contributed by atoms with Crippen LogP contribution in [0.2, 0.25) is 0 Å². The van der Waals surface area contributed by atoms with Gasteiger partial charge in [0.1, 0.15) is 18.8 Å². The molecule has 0 saturated heterocycles. The highest BCUT2D eigenvalue weighted by molar-refractivity contribution is 5.95. The van der Waals surface area contributed by atoms with E-state index >= 15 is 0 Å². The Kier molecular flexibility index (Phi) is 6.51. The lowest BCUT2D eigenvalue weighted by Crippen LogP contribution is -2.10. The predicted octanol–water partition coefficient (Wildman–Crippen LogP) is 1.64. The van der Waals surface area contributed by atoms with Crippen LogP contribution in [0.5, 0.6) is 0 Å². The molecule has 0 fully saturated rings. The number of ketones is 1. The fourth-order valence-electron chi connectivity index (χ4n) is 0.715. The average molecular weight is 182 g/mol. The van der Waals surface area contributed by atoms with Crippen molar-refractivity contribution in [1.29, 1.82) is 0 Å². The number of rotatable bonds is 7. The number of hydrogen-bond donors (Lipinski definition) is 0. The van der Waals surface area contributed by atoms with Crippen LogP contribution >= 0.6 is 0 Å². The van der Waals surface area contributed by atoms with Gasteiger partial charge >= 0.3 is 5.97 Å². The van der Waals surface area contributed by atoms with Crippen LogP contribution < -0.4 is 0 Å². The quantitative estimate of drug-likeness (QED) is 0.341. The number of Topliss-reactive ketones (excluding diaryl/α,β-unsaturated/α-hetero) is 1. The lowest BCUT2D eigenvalue weighted by atomic mass is 10.2. The summed E-state index contributed by atoms with van der Waals surface area (Å²) in [6.45, 7) is 7.03. The number of hydrogen-bond acceptors (Lipinski definition) is 3. The van der Waals surface area contributed by atoms with Gasteiger partial charge in [0.2, 0.25) is 0 Å². The third kappa shape index (κ3) is 7.00. The van der Waals surface area contributed by atoms with E-state index in [2.05, 4.69) is 17.9 Å². The minimum Gasteiger partial charge on any atom is -0.461 e. The smallest absolute Gasteiger partial charge is 0.313 e. The summed E-state index contributed by atoms with van der Waals surface area (Å²) >= 11 is 0. The molecular formula is C10H14O3. The lowest BCUT2D eigenvalue weighted by Gasteiger charge is -1.99. The summed E-state index contributed by atoms with van der Waals surface area (Å²) in [6, 6.07) is 0. The molecule has 3 heteroatoms. The van der Waals surface area contributed by atoms with E-state index in [1.807, 2.05) is 0 Å². The van der Waals surface area contributed by atoms with Gasteiger partial charge in [-0.3, -0.25) is 9.59 Å². The summed E-state index contributed by atoms with van der Waals surface area (Å²) in [5.74, 6) is -0.608. The molecule has 0 aliphatic heterocycles. The summed E-state index contributed by atoms with van der Waals surface area (Å²) in [7, 11) is 0. The van der Waals surface area contributed by atoms with E-state index in [0.29, 0.717) is 12.8 Å². The van der Waals surface area contributed by atoms with Gasteiger partial charge in [0.05, 0.1) is 0 Å². The van der Waals surface area contributed by atoms with E-state index in [-0.39, 0.29) is 18.8 Å². The van der Waals surface area contributed by atoms with Crippen LogP contribution in [0.4, 0.5) is 0 Å². The molecule has 0 unspecified atom stereocenters. The molecule has 0 bridgehead atoms. The Morgan fingerprint density at radius 2 is 1.92 bits per heavy atom. The molecule has 0 atom stereocenters. The summed E-state index contributed by atoms with van der Waals surface area (Å²) in [4.78, 5) is 21.9.